The van der Waals surface area contributed by atoms with E-state index in [9.17, 15) is 9.18 Å². The van der Waals surface area contributed by atoms with Crippen LogP contribution in [0, 0.1) is 5.82 Å². The summed E-state index contributed by atoms with van der Waals surface area (Å²) in [6.07, 6.45) is 2.40. The van der Waals surface area contributed by atoms with Crippen LogP contribution in [0.5, 0.6) is 11.5 Å². The Morgan fingerprint density at radius 2 is 1.77 bits per heavy atom. The minimum Gasteiger partial charge on any atom is -0.493 e. The molecule has 0 bridgehead atoms. The van der Waals surface area contributed by atoms with Gasteiger partial charge in [-0.15, -0.1) is 0 Å². The molecule has 26 heavy (non-hydrogen) atoms. The second-order valence-electron chi connectivity index (χ2n) is 6.41. The van der Waals surface area contributed by atoms with Crippen LogP contribution in [0.3, 0.4) is 0 Å². The van der Waals surface area contributed by atoms with Crippen molar-refractivity contribution in [2.24, 2.45) is 0 Å². The maximum atomic E-state index is 13.1. The zero-order chi connectivity index (χ0) is 18.6. The first-order chi connectivity index (χ1) is 12.6. The molecule has 0 aliphatic heterocycles. The van der Waals surface area contributed by atoms with E-state index in [4.69, 9.17) is 9.47 Å². The van der Waals surface area contributed by atoms with Crippen molar-refractivity contribution in [2.75, 3.05) is 20.8 Å². The van der Waals surface area contributed by atoms with E-state index < -0.39 is 0 Å². The third kappa shape index (κ3) is 4.07. The van der Waals surface area contributed by atoms with Gasteiger partial charge in [0, 0.05) is 6.54 Å². The number of benzene rings is 2. The van der Waals surface area contributed by atoms with Gasteiger partial charge < -0.3 is 20.1 Å². The Morgan fingerprint density at radius 3 is 2.38 bits per heavy atom. The SMILES string of the molecule is COc1ccc(CCNC(=O)NC2(c3ccc(F)cc3)CC2)cc1OC. The summed E-state index contributed by atoms with van der Waals surface area (Å²) in [6.45, 7) is 0.501. The van der Waals surface area contributed by atoms with E-state index in [2.05, 4.69) is 10.6 Å². The summed E-state index contributed by atoms with van der Waals surface area (Å²) in [7, 11) is 3.19. The fraction of sp³-hybridized carbons (Fsp3) is 0.350. The number of carbonyl (C=O) groups is 1. The van der Waals surface area contributed by atoms with Crippen molar-refractivity contribution in [1.29, 1.82) is 0 Å². The topological polar surface area (TPSA) is 59.6 Å². The smallest absolute Gasteiger partial charge is 0.315 e. The lowest BCUT2D eigenvalue weighted by molar-refractivity contribution is 0.236. The van der Waals surface area contributed by atoms with Gasteiger partial charge in [-0.3, -0.25) is 0 Å². The normalized spacial score (nSPS) is 14.4. The highest BCUT2D eigenvalue weighted by Crippen LogP contribution is 2.45. The first kappa shape index (κ1) is 18.0. The average molecular weight is 358 g/mol. The van der Waals surface area contributed by atoms with Gasteiger partial charge in [-0.25, -0.2) is 9.18 Å². The first-order valence-corrected chi connectivity index (χ1v) is 8.59. The monoisotopic (exact) mass is 358 g/mol. The van der Waals surface area contributed by atoms with Gasteiger partial charge in [-0.2, -0.15) is 0 Å². The highest BCUT2D eigenvalue weighted by atomic mass is 19.1. The molecule has 0 atom stereocenters. The predicted octanol–water partition coefficient (Wildman–Crippen LogP) is 3.37. The van der Waals surface area contributed by atoms with Crippen molar-refractivity contribution in [3.05, 3.63) is 59.4 Å². The molecule has 0 heterocycles. The molecule has 1 aliphatic carbocycles. The maximum absolute atomic E-state index is 13.1. The number of hydrogen-bond acceptors (Lipinski definition) is 3. The fourth-order valence-electron chi connectivity index (χ4n) is 3.00. The largest absolute Gasteiger partial charge is 0.493 e. The van der Waals surface area contributed by atoms with Crippen LogP contribution in [-0.4, -0.2) is 26.8 Å². The molecule has 2 aromatic carbocycles. The number of amides is 2. The van der Waals surface area contributed by atoms with Crippen LogP contribution in [0.1, 0.15) is 24.0 Å². The molecule has 0 spiro atoms. The first-order valence-electron chi connectivity index (χ1n) is 8.59. The highest BCUT2D eigenvalue weighted by molar-refractivity contribution is 5.75. The molecule has 0 aromatic heterocycles. The molecule has 2 N–H and O–H groups in total. The lowest BCUT2D eigenvalue weighted by atomic mass is 10.1. The van der Waals surface area contributed by atoms with Gasteiger partial charge in [-0.05, 0) is 54.7 Å². The second-order valence-corrected chi connectivity index (χ2v) is 6.41. The summed E-state index contributed by atoms with van der Waals surface area (Å²) >= 11 is 0. The highest BCUT2D eigenvalue weighted by Gasteiger charge is 2.45. The standard InChI is InChI=1S/C20H23FN2O3/c1-25-17-8-3-14(13-18(17)26-2)9-12-22-19(24)23-20(10-11-20)15-4-6-16(21)7-5-15/h3-8,13H,9-12H2,1-2H3,(H2,22,23,24). The molecule has 5 nitrogen and oxygen atoms in total. The van der Waals surface area contributed by atoms with Crippen LogP contribution >= 0.6 is 0 Å². The van der Waals surface area contributed by atoms with Crippen LogP contribution in [0.2, 0.25) is 0 Å². The van der Waals surface area contributed by atoms with Crippen LogP contribution < -0.4 is 20.1 Å². The van der Waals surface area contributed by atoms with Gasteiger partial charge in [0.1, 0.15) is 5.82 Å². The lowest BCUT2D eigenvalue weighted by Crippen LogP contribution is -2.42. The predicted molar refractivity (Wildman–Crippen MR) is 97.1 cm³/mol. The molecule has 1 saturated carbocycles. The third-order valence-electron chi connectivity index (χ3n) is 4.65. The molecule has 1 aliphatic rings. The minimum atomic E-state index is -0.360. The van der Waals surface area contributed by atoms with Crippen molar-refractivity contribution >= 4 is 6.03 Å². The number of halogens is 1. The Kier molecular flexibility index (Phi) is 5.30. The zero-order valence-corrected chi connectivity index (χ0v) is 15.0. The Labute approximate surface area is 152 Å². The van der Waals surface area contributed by atoms with Crippen LogP contribution in [-0.2, 0) is 12.0 Å². The Bertz CT molecular complexity index is 773. The minimum absolute atomic E-state index is 0.215. The summed E-state index contributed by atoms with van der Waals surface area (Å²) < 4.78 is 23.6. The number of hydrogen-bond donors (Lipinski definition) is 2. The molecular weight excluding hydrogens is 335 g/mol. The molecule has 1 fully saturated rings. The van der Waals surface area contributed by atoms with E-state index in [0.29, 0.717) is 24.5 Å². The zero-order valence-electron chi connectivity index (χ0n) is 15.0. The van der Waals surface area contributed by atoms with Gasteiger partial charge in [0.15, 0.2) is 11.5 Å². The number of urea groups is 1. The molecule has 0 saturated heterocycles. The summed E-state index contributed by atoms with van der Waals surface area (Å²) in [5.74, 6) is 1.07. The summed E-state index contributed by atoms with van der Waals surface area (Å²) in [5.41, 5.74) is 1.62. The Hall–Kier alpha value is -2.76. The van der Waals surface area contributed by atoms with Gasteiger partial charge in [0.25, 0.3) is 0 Å². The van der Waals surface area contributed by atoms with Gasteiger partial charge in [0.2, 0.25) is 0 Å². The second kappa shape index (κ2) is 7.64. The number of nitrogens with one attached hydrogen (secondary N) is 2. The van der Waals surface area contributed by atoms with Crippen molar-refractivity contribution in [1.82, 2.24) is 10.6 Å². The molecule has 3 rings (SSSR count). The van der Waals surface area contributed by atoms with E-state index in [-0.39, 0.29) is 17.4 Å². The number of methoxy groups -OCH3 is 2. The summed E-state index contributed by atoms with van der Waals surface area (Å²) in [4.78, 5) is 12.2. The molecular formula is C20H23FN2O3. The van der Waals surface area contributed by atoms with Crippen LogP contribution in [0.4, 0.5) is 9.18 Å². The van der Waals surface area contributed by atoms with E-state index in [1.54, 1.807) is 26.4 Å². The number of ether oxygens (including phenoxy) is 2. The molecule has 2 amide bonds. The van der Waals surface area contributed by atoms with Crippen molar-refractivity contribution in [2.45, 2.75) is 24.8 Å². The van der Waals surface area contributed by atoms with Gasteiger partial charge >= 0.3 is 6.03 Å². The molecule has 6 heteroatoms. The molecule has 2 aromatic rings. The fourth-order valence-corrected chi connectivity index (χ4v) is 3.00. The van der Waals surface area contributed by atoms with Gasteiger partial charge in [0.05, 0.1) is 19.8 Å². The lowest BCUT2D eigenvalue weighted by Gasteiger charge is -2.18. The number of carbonyl (C=O) groups excluding carboxylic acids is 1. The van der Waals surface area contributed by atoms with Crippen molar-refractivity contribution < 1.29 is 18.7 Å². The maximum Gasteiger partial charge on any atom is 0.315 e. The third-order valence-corrected chi connectivity index (χ3v) is 4.65. The summed E-state index contributed by atoms with van der Waals surface area (Å²) in [6, 6.07) is 11.8. The Balaban J connectivity index is 1.51. The van der Waals surface area contributed by atoms with Crippen LogP contribution in [0.25, 0.3) is 0 Å². The van der Waals surface area contributed by atoms with E-state index in [0.717, 1.165) is 24.0 Å². The molecule has 138 valence electrons. The number of rotatable bonds is 7. The van der Waals surface area contributed by atoms with Crippen LogP contribution in [0.15, 0.2) is 42.5 Å². The van der Waals surface area contributed by atoms with Crippen molar-refractivity contribution in [3.8, 4) is 11.5 Å². The van der Waals surface area contributed by atoms with E-state index >= 15 is 0 Å². The van der Waals surface area contributed by atoms with Crippen molar-refractivity contribution in [3.63, 3.8) is 0 Å². The van der Waals surface area contributed by atoms with E-state index in [1.807, 2.05) is 18.2 Å². The molecule has 0 unspecified atom stereocenters. The quantitative estimate of drug-likeness (QED) is 0.798. The van der Waals surface area contributed by atoms with E-state index in [1.165, 1.54) is 12.1 Å². The molecule has 0 radical (unpaired) electrons. The van der Waals surface area contributed by atoms with Gasteiger partial charge in [-0.1, -0.05) is 18.2 Å². The summed E-state index contributed by atoms with van der Waals surface area (Å²) in [5, 5.41) is 5.89. The Morgan fingerprint density at radius 1 is 1.08 bits per heavy atom. The average Bonchev–Trinajstić information content (AvgIpc) is 3.42.